The standard InChI is InChI=1S/C12H16N2O/c15-9-13-6-10-5-11(8-13)12-3-1-2-4-14(12)7-10/h1-4,9-12H,5-8H2. The highest BCUT2D eigenvalue weighted by Crippen LogP contribution is 2.34. The van der Waals surface area contributed by atoms with Gasteiger partial charge in [-0.1, -0.05) is 12.2 Å². The molecule has 3 unspecified atom stereocenters. The summed E-state index contributed by atoms with van der Waals surface area (Å²) in [5.74, 6) is 1.30. The van der Waals surface area contributed by atoms with Crippen LogP contribution in [0.3, 0.4) is 0 Å². The average molecular weight is 204 g/mol. The van der Waals surface area contributed by atoms with Gasteiger partial charge in [0.1, 0.15) is 0 Å². The van der Waals surface area contributed by atoms with E-state index in [1.165, 1.54) is 6.42 Å². The summed E-state index contributed by atoms with van der Waals surface area (Å²) < 4.78 is 0. The van der Waals surface area contributed by atoms with Crippen LogP contribution in [0, 0.1) is 11.8 Å². The van der Waals surface area contributed by atoms with Crippen molar-refractivity contribution in [1.29, 1.82) is 0 Å². The first-order valence-electron chi connectivity index (χ1n) is 5.67. The third-order valence-electron chi connectivity index (χ3n) is 3.78. The van der Waals surface area contributed by atoms with Gasteiger partial charge in [-0.15, -0.1) is 0 Å². The fraction of sp³-hybridized carbons (Fsp3) is 0.583. The molecule has 2 bridgehead atoms. The summed E-state index contributed by atoms with van der Waals surface area (Å²) in [6.07, 6.45) is 11.0. The summed E-state index contributed by atoms with van der Waals surface area (Å²) in [4.78, 5) is 15.2. The molecule has 0 saturated carbocycles. The minimum absolute atomic E-state index is 0.522. The molecule has 80 valence electrons. The van der Waals surface area contributed by atoms with Crippen molar-refractivity contribution in [2.24, 2.45) is 11.8 Å². The van der Waals surface area contributed by atoms with Crippen molar-refractivity contribution in [3.05, 3.63) is 24.4 Å². The van der Waals surface area contributed by atoms with Crippen LogP contribution in [0.15, 0.2) is 24.4 Å². The largest absolute Gasteiger partial charge is 0.370 e. The molecule has 0 spiro atoms. The number of amides is 1. The summed E-state index contributed by atoms with van der Waals surface area (Å²) >= 11 is 0. The molecular formula is C12H16N2O. The lowest BCUT2D eigenvalue weighted by Crippen LogP contribution is -2.55. The number of allylic oxidation sites excluding steroid dienone is 2. The number of hydrogen-bond acceptors (Lipinski definition) is 2. The van der Waals surface area contributed by atoms with E-state index >= 15 is 0 Å². The third kappa shape index (κ3) is 1.46. The first-order valence-corrected chi connectivity index (χ1v) is 5.67. The molecule has 0 aromatic heterocycles. The van der Waals surface area contributed by atoms with Crippen LogP contribution in [0.5, 0.6) is 0 Å². The molecular weight excluding hydrogens is 188 g/mol. The van der Waals surface area contributed by atoms with Gasteiger partial charge in [-0.2, -0.15) is 0 Å². The highest BCUT2D eigenvalue weighted by molar-refractivity contribution is 5.47. The third-order valence-corrected chi connectivity index (χ3v) is 3.78. The molecule has 0 radical (unpaired) electrons. The molecule has 1 amide bonds. The maximum atomic E-state index is 10.8. The number of carbonyl (C=O) groups excluding carboxylic acids is 1. The van der Waals surface area contributed by atoms with Gasteiger partial charge in [0.2, 0.25) is 6.41 Å². The molecule has 3 atom stereocenters. The molecule has 0 aromatic rings. The second kappa shape index (κ2) is 3.40. The summed E-state index contributed by atoms with van der Waals surface area (Å²) in [6, 6.07) is 0.522. The van der Waals surface area contributed by atoms with E-state index in [1.54, 1.807) is 0 Å². The lowest BCUT2D eigenvalue weighted by atomic mass is 9.79. The van der Waals surface area contributed by atoms with Gasteiger partial charge in [-0.25, -0.2) is 0 Å². The van der Waals surface area contributed by atoms with Crippen molar-refractivity contribution in [2.75, 3.05) is 19.6 Å². The van der Waals surface area contributed by atoms with Gasteiger partial charge in [0.15, 0.2) is 0 Å². The van der Waals surface area contributed by atoms with Gasteiger partial charge in [0.05, 0.1) is 6.04 Å². The molecule has 15 heavy (non-hydrogen) atoms. The number of fused-ring (bicyclic) bond motifs is 4. The topological polar surface area (TPSA) is 23.6 Å². The Morgan fingerprint density at radius 3 is 3.00 bits per heavy atom. The van der Waals surface area contributed by atoms with E-state index in [0.29, 0.717) is 17.9 Å². The smallest absolute Gasteiger partial charge is 0.209 e. The highest BCUT2D eigenvalue weighted by atomic mass is 16.1. The molecule has 2 fully saturated rings. The van der Waals surface area contributed by atoms with Crippen LogP contribution < -0.4 is 0 Å². The second-order valence-electron chi connectivity index (χ2n) is 4.83. The van der Waals surface area contributed by atoms with Crippen LogP contribution >= 0.6 is 0 Å². The van der Waals surface area contributed by atoms with Gasteiger partial charge in [0.25, 0.3) is 0 Å². The maximum Gasteiger partial charge on any atom is 0.209 e. The number of likely N-dealkylation sites (tertiary alicyclic amines) is 1. The molecule has 3 nitrogen and oxygen atoms in total. The summed E-state index contributed by atoms with van der Waals surface area (Å²) in [7, 11) is 0. The molecule has 3 heteroatoms. The fourth-order valence-electron chi connectivity index (χ4n) is 3.21. The molecule has 3 rings (SSSR count). The van der Waals surface area contributed by atoms with Crippen molar-refractivity contribution in [3.63, 3.8) is 0 Å². The Hall–Kier alpha value is -1.25. The normalized spacial score (nSPS) is 37.7. The van der Waals surface area contributed by atoms with Crippen molar-refractivity contribution < 1.29 is 4.79 Å². The monoisotopic (exact) mass is 204 g/mol. The Labute approximate surface area is 90.0 Å². The van der Waals surface area contributed by atoms with Gasteiger partial charge >= 0.3 is 0 Å². The quantitative estimate of drug-likeness (QED) is 0.591. The number of hydrogen-bond donors (Lipinski definition) is 0. The molecule has 3 heterocycles. The van der Waals surface area contributed by atoms with E-state index in [4.69, 9.17) is 0 Å². The first-order chi connectivity index (χ1) is 7.36. The van der Waals surface area contributed by atoms with Crippen molar-refractivity contribution in [3.8, 4) is 0 Å². The van der Waals surface area contributed by atoms with Crippen molar-refractivity contribution in [2.45, 2.75) is 12.5 Å². The molecule has 2 saturated heterocycles. The van der Waals surface area contributed by atoms with Crippen LogP contribution in [-0.2, 0) is 4.79 Å². The predicted molar refractivity (Wildman–Crippen MR) is 58.0 cm³/mol. The van der Waals surface area contributed by atoms with E-state index < -0.39 is 0 Å². The van der Waals surface area contributed by atoms with E-state index in [9.17, 15) is 4.79 Å². The molecule has 0 N–H and O–H groups in total. The van der Waals surface area contributed by atoms with Gasteiger partial charge in [-0.05, 0) is 24.6 Å². The zero-order valence-corrected chi connectivity index (χ0v) is 8.75. The van der Waals surface area contributed by atoms with Gasteiger partial charge in [0, 0.05) is 25.6 Å². The zero-order valence-electron chi connectivity index (χ0n) is 8.75. The van der Waals surface area contributed by atoms with Crippen molar-refractivity contribution in [1.82, 2.24) is 9.80 Å². The summed E-state index contributed by atoms with van der Waals surface area (Å²) in [5, 5.41) is 0. The number of carbonyl (C=O) groups is 1. The Morgan fingerprint density at radius 2 is 2.13 bits per heavy atom. The van der Waals surface area contributed by atoms with Gasteiger partial charge < -0.3 is 9.80 Å². The Balaban J connectivity index is 1.82. The van der Waals surface area contributed by atoms with Crippen LogP contribution in [-0.4, -0.2) is 41.9 Å². The Kier molecular flexibility index (Phi) is 2.04. The van der Waals surface area contributed by atoms with Crippen LogP contribution in [0.4, 0.5) is 0 Å². The average Bonchev–Trinajstić information content (AvgIpc) is 2.28. The van der Waals surface area contributed by atoms with Gasteiger partial charge in [-0.3, -0.25) is 4.79 Å². The van der Waals surface area contributed by atoms with Crippen LogP contribution in [0.1, 0.15) is 6.42 Å². The Morgan fingerprint density at radius 1 is 1.20 bits per heavy atom. The first kappa shape index (κ1) is 9.01. The number of rotatable bonds is 1. The van der Waals surface area contributed by atoms with E-state index in [0.717, 1.165) is 26.0 Å². The lowest BCUT2D eigenvalue weighted by molar-refractivity contribution is -0.122. The molecule has 3 aliphatic rings. The van der Waals surface area contributed by atoms with E-state index in [-0.39, 0.29) is 0 Å². The lowest BCUT2D eigenvalue weighted by Gasteiger charge is -2.49. The van der Waals surface area contributed by atoms with Crippen LogP contribution in [0.25, 0.3) is 0 Å². The highest BCUT2D eigenvalue weighted by Gasteiger charge is 2.38. The minimum atomic E-state index is 0.522. The molecule has 3 aliphatic heterocycles. The molecule has 0 aromatic carbocycles. The predicted octanol–water partition coefficient (Wildman–Crippen LogP) is 0.849. The minimum Gasteiger partial charge on any atom is -0.370 e. The number of piperidine rings is 2. The number of nitrogens with zero attached hydrogens (tertiary/aromatic N) is 2. The SMILES string of the molecule is O=CN1CC2CC(C1)C1C=CC=CN1C2. The fourth-order valence-corrected chi connectivity index (χ4v) is 3.21. The Bertz CT molecular complexity index is 324. The second-order valence-corrected chi connectivity index (χ2v) is 4.83. The zero-order chi connectivity index (χ0) is 10.3. The van der Waals surface area contributed by atoms with E-state index in [1.807, 2.05) is 4.90 Å². The van der Waals surface area contributed by atoms with Crippen molar-refractivity contribution >= 4 is 6.41 Å². The van der Waals surface area contributed by atoms with Crippen LogP contribution in [0.2, 0.25) is 0 Å². The maximum absolute atomic E-state index is 10.8. The summed E-state index contributed by atoms with van der Waals surface area (Å²) in [5.41, 5.74) is 0. The molecule has 0 aliphatic carbocycles. The summed E-state index contributed by atoms with van der Waals surface area (Å²) in [6.45, 7) is 2.98. The van der Waals surface area contributed by atoms with E-state index in [2.05, 4.69) is 29.3 Å².